The van der Waals surface area contributed by atoms with Gasteiger partial charge in [0.15, 0.2) is 0 Å². The van der Waals surface area contributed by atoms with Gasteiger partial charge < -0.3 is 11.1 Å². The van der Waals surface area contributed by atoms with Crippen LogP contribution in [-0.4, -0.2) is 43.0 Å². The monoisotopic (exact) mass is 331 g/mol. The Kier molecular flexibility index (Phi) is 10.1. The van der Waals surface area contributed by atoms with Crippen molar-refractivity contribution in [3.63, 3.8) is 0 Å². The molecule has 1 saturated carbocycles. The van der Waals surface area contributed by atoms with E-state index in [1.165, 1.54) is 70.9 Å². The average Bonchev–Trinajstić information content (AvgIpc) is 2.53. The minimum Gasteiger partial charge on any atom is -0.354 e. The smallest absolute Gasteiger partial charge is 0.221 e. The Morgan fingerprint density at radius 2 is 1.82 bits per heavy atom. The van der Waals surface area contributed by atoms with Crippen LogP contribution in [-0.2, 0) is 4.79 Å². The van der Waals surface area contributed by atoms with Gasteiger partial charge >= 0.3 is 0 Å². The first-order valence-electron chi connectivity index (χ1n) is 9.00. The standard InChI is InChI=1S/C17H33N3O.ClH/c18-11-9-17(21)19-14-16-8-4-5-12-20(16)13-10-15-6-2-1-3-7-15;/h15-16H,1-14,18H2,(H,19,21);1H. The maximum absolute atomic E-state index is 11.6. The average molecular weight is 332 g/mol. The summed E-state index contributed by atoms with van der Waals surface area (Å²) in [6.07, 6.45) is 12.8. The first kappa shape index (κ1) is 19.7. The van der Waals surface area contributed by atoms with Crippen LogP contribution in [0, 0.1) is 5.92 Å². The molecule has 3 N–H and O–H groups in total. The second-order valence-corrected chi connectivity index (χ2v) is 6.82. The molecule has 1 aliphatic carbocycles. The highest BCUT2D eigenvalue weighted by Crippen LogP contribution is 2.27. The lowest BCUT2D eigenvalue weighted by Gasteiger charge is -2.37. The van der Waals surface area contributed by atoms with Crippen molar-refractivity contribution in [3.8, 4) is 0 Å². The molecular formula is C17H34ClN3O. The van der Waals surface area contributed by atoms with Crippen molar-refractivity contribution in [1.29, 1.82) is 0 Å². The zero-order chi connectivity index (χ0) is 14.9. The Hall–Kier alpha value is -0.320. The first-order chi connectivity index (χ1) is 10.3. The van der Waals surface area contributed by atoms with Crippen molar-refractivity contribution in [3.05, 3.63) is 0 Å². The van der Waals surface area contributed by atoms with E-state index in [9.17, 15) is 4.79 Å². The number of nitrogens with two attached hydrogens (primary N) is 1. The van der Waals surface area contributed by atoms with Gasteiger partial charge in [-0.2, -0.15) is 0 Å². The minimum absolute atomic E-state index is 0. The molecule has 0 radical (unpaired) electrons. The van der Waals surface area contributed by atoms with Crippen molar-refractivity contribution >= 4 is 18.3 Å². The molecule has 2 aliphatic rings. The molecule has 22 heavy (non-hydrogen) atoms. The van der Waals surface area contributed by atoms with Crippen LogP contribution in [0.4, 0.5) is 0 Å². The highest BCUT2D eigenvalue weighted by Gasteiger charge is 2.23. The van der Waals surface area contributed by atoms with Crippen LogP contribution in [0.15, 0.2) is 0 Å². The molecule has 1 heterocycles. The molecule has 1 amide bonds. The minimum atomic E-state index is 0. The molecule has 1 saturated heterocycles. The summed E-state index contributed by atoms with van der Waals surface area (Å²) >= 11 is 0. The third-order valence-corrected chi connectivity index (χ3v) is 5.20. The predicted molar refractivity (Wildman–Crippen MR) is 94.3 cm³/mol. The van der Waals surface area contributed by atoms with E-state index >= 15 is 0 Å². The summed E-state index contributed by atoms with van der Waals surface area (Å²) in [7, 11) is 0. The molecule has 2 fully saturated rings. The highest BCUT2D eigenvalue weighted by atomic mass is 35.5. The predicted octanol–water partition coefficient (Wildman–Crippen LogP) is 2.70. The van der Waals surface area contributed by atoms with Gasteiger partial charge in [0.2, 0.25) is 5.91 Å². The first-order valence-corrected chi connectivity index (χ1v) is 9.00. The molecule has 4 nitrogen and oxygen atoms in total. The molecule has 5 heteroatoms. The van der Waals surface area contributed by atoms with E-state index in [4.69, 9.17) is 5.73 Å². The van der Waals surface area contributed by atoms with E-state index in [0.29, 0.717) is 19.0 Å². The Morgan fingerprint density at radius 3 is 2.55 bits per heavy atom. The lowest BCUT2D eigenvalue weighted by molar-refractivity contribution is -0.121. The lowest BCUT2D eigenvalue weighted by Crippen LogP contribution is -2.47. The molecule has 0 bridgehead atoms. The number of carbonyl (C=O) groups excluding carboxylic acids is 1. The van der Waals surface area contributed by atoms with Gasteiger partial charge in [-0.25, -0.2) is 0 Å². The largest absolute Gasteiger partial charge is 0.354 e. The Morgan fingerprint density at radius 1 is 1.09 bits per heavy atom. The fourth-order valence-electron chi connectivity index (χ4n) is 3.86. The zero-order valence-electron chi connectivity index (χ0n) is 13.9. The third-order valence-electron chi connectivity index (χ3n) is 5.20. The summed E-state index contributed by atoms with van der Waals surface area (Å²) in [5, 5.41) is 3.06. The maximum atomic E-state index is 11.6. The SMILES string of the molecule is Cl.NCCC(=O)NCC1CCCCN1CCC1CCCCC1. The van der Waals surface area contributed by atoms with Gasteiger partial charge in [-0.05, 0) is 38.3 Å². The Balaban J connectivity index is 0.00000242. The van der Waals surface area contributed by atoms with Gasteiger partial charge in [-0.3, -0.25) is 9.69 Å². The van der Waals surface area contributed by atoms with Gasteiger partial charge in [0, 0.05) is 25.6 Å². The summed E-state index contributed by atoms with van der Waals surface area (Å²) in [6.45, 7) is 3.69. The van der Waals surface area contributed by atoms with E-state index in [0.717, 1.165) is 12.5 Å². The number of rotatable bonds is 7. The summed E-state index contributed by atoms with van der Waals surface area (Å²) < 4.78 is 0. The molecule has 1 atom stereocenters. The van der Waals surface area contributed by atoms with Crippen molar-refractivity contribution in [1.82, 2.24) is 10.2 Å². The Bertz CT molecular complexity index is 308. The van der Waals surface area contributed by atoms with Gasteiger partial charge in [0.1, 0.15) is 0 Å². The number of halogens is 1. The van der Waals surface area contributed by atoms with Crippen LogP contribution in [0.5, 0.6) is 0 Å². The van der Waals surface area contributed by atoms with E-state index in [-0.39, 0.29) is 18.3 Å². The number of amides is 1. The van der Waals surface area contributed by atoms with Crippen LogP contribution >= 0.6 is 12.4 Å². The fourth-order valence-corrected chi connectivity index (χ4v) is 3.86. The van der Waals surface area contributed by atoms with E-state index in [1.54, 1.807) is 0 Å². The number of hydrogen-bond donors (Lipinski definition) is 2. The summed E-state index contributed by atoms with van der Waals surface area (Å²) in [5.74, 6) is 1.06. The number of nitrogens with zero attached hydrogens (tertiary/aromatic N) is 1. The van der Waals surface area contributed by atoms with E-state index in [2.05, 4.69) is 10.2 Å². The second-order valence-electron chi connectivity index (χ2n) is 6.82. The number of carbonyl (C=O) groups is 1. The highest BCUT2D eigenvalue weighted by molar-refractivity contribution is 5.85. The van der Waals surface area contributed by atoms with Crippen LogP contribution in [0.3, 0.4) is 0 Å². The number of piperidine rings is 1. The fraction of sp³-hybridized carbons (Fsp3) is 0.941. The molecule has 0 aromatic heterocycles. The van der Waals surface area contributed by atoms with Crippen LogP contribution < -0.4 is 11.1 Å². The molecular weight excluding hydrogens is 298 g/mol. The number of likely N-dealkylation sites (tertiary alicyclic amines) is 1. The number of nitrogens with one attached hydrogen (secondary N) is 1. The zero-order valence-corrected chi connectivity index (χ0v) is 14.7. The molecule has 0 spiro atoms. The molecule has 1 unspecified atom stereocenters. The van der Waals surface area contributed by atoms with Crippen molar-refractivity contribution in [2.45, 2.75) is 70.3 Å². The van der Waals surface area contributed by atoms with Crippen molar-refractivity contribution < 1.29 is 4.79 Å². The van der Waals surface area contributed by atoms with Crippen molar-refractivity contribution in [2.24, 2.45) is 11.7 Å². The van der Waals surface area contributed by atoms with Gasteiger partial charge in [-0.1, -0.05) is 38.5 Å². The maximum Gasteiger partial charge on any atom is 0.221 e. The molecule has 2 rings (SSSR count). The summed E-state index contributed by atoms with van der Waals surface area (Å²) in [4.78, 5) is 14.2. The lowest BCUT2D eigenvalue weighted by atomic mass is 9.86. The van der Waals surface area contributed by atoms with Crippen LogP contribution in [0.2, 0.25) is 0 Å². The topological polar surface area (TPSA) is 58.4 Å². The Labute approximate surface area is 142 Å². The van der Waals surface area contributed by atoms with Gasteiger partial charge in [-0.15, -0.1) is 12.4 Å². The summed E-state index contributed by atoms with van der Waals surface area (Å²) in [6, 6.07) is 0.545. The molecule has 130 valence electrons. The second kappa shape index (κ2) is 11.3. The van der Waals surface area contributed by atoms with E-state index in [1.807, 2.05) is 0 Å². The van der Waals surface area contributed by atoms with Gasteiger partial charge in [0.25, 0.3) is 0 Å². The molecule has 0 aromatic carbocycles. The van der Waals surface area contributed by atoms with Crippen molar-refractivity contribution in [2.75, 3.05) is 26.2 Å². The van der Waals surface area contributed by atoms with Crippen LogP contribution in [0.1, 0.15) is 64.2 Å². The van der Waals surface area contributed by atoms with Crippen LogP contribution in [0.25, 0.3) is 0 Å². The summed E-state index contributed by atoms with van der Waals surface area (Å²) in [5.41, 5.74) is 5.42. The van der Waals surface area contributed by atoms with Gasteiger partial charge in [0.05, 0.1) is 0 Å². The normalized spacial score (nSPS) is 23.8. The molecule has 0 aromatic rings. The quantitative estimate of drug-likeness (QED) is 0.754. The number of hydrogen-bond acceptors (Lipinski definition) is 3. The third kappa shape index (κ3) is 6.84. The molecule has 1 aliphatic heterocycles. The van der Waals surface area contributed by atoms with E-state index < -0.39 is 0 Å².